The molecule has 0 amide bonds. The Hall–Kier alpha value is -2.81. The standard InChI is InChI=1S/C25H33ClN4O4/c1-2-33-17-4-11-27-25(28-22-6-3-5-20(19-22)24(31)32)30-14-12-29(13-15-30)16-18-34-23-9-7-21(26)8-10-23/h3,5-10,19H,2,4,11-18H2,1H3,(H,27,28)(H,31,32). The molecule has 8 nitrogen and oxygen atoms in total. The summed E-state index contributed by atoms with van der Waals surface area (Å²) in [5, 5.41) is 13.3. The van der Waals surface area contributed by atoms with Crippen molar-refractivity contribution in [3.05, 3.63) is 59.1 Å². The summed E-state index contributed by atoms with van der Waals surface area (Å²) in [6.45, 7) is 8.84. The quantitative estimate of drug-likeness (QED) is 0.281. The van der Waals surface area contributed by atoms with E-state index in [0.717, 1.165) is 50.9 Å². The molecule has 0 saturated carbocycles. The minimum absolute atomic E-state index is 0.242. The van der Waals surface area contributed by atoms with Crippen molar-refractivity contribution in [2.24, 2.45) is 4.99 Å². The Balaban J connectivity index is 1.53. The van der Waals surface area contributed by atoms with Crippen molar-refractivity contribution in [2.75, 3.05) is 64.4 Å². The third-order valence-electron chi connectivity index (χ3n) is 5.44. The van der Waals surface area contributed by atoms with Gasteiger partial charge in [-0.2, -0.15) is 0 Å². The first-order valence-electron chi connectivity index (χ1n) is 11.6. The minimum atomic E-state index is -0.951. The van der Waals surface area contributed by atoms with Gasteiger partial charge in [-0.25, -0.2) is 4.79 Å². The second-order valence-electron chi connectivity index (χ2n) is 7.90. The molecule has 2 aromatic carbocycles. The number of carbonyl (C=O) groups is 1. The van der Waals surface area contributed by atoms with Gasteiger partial charge in [-0.05, 0) is 55.8 Å². The number of hydrogen-bond acceptors (Lipinski definition) is 5. The summed E-state index contributed by atoms with van der Waals surface area (Å²) in [7, 11) is 0. The lowest BCUT2D eigenvalue weighted by Crippen LogP contribution is -2.51. The van der Waals surface area contributed by atoms with Gasteiger partial charge in [-0.15, -0.1) is 0 Å². The maximum Gasteiger partial charge on any atom is 0.335 e. The highest BCUT2D eigenvalue weighted by Crippen LogP contribution is 2.16. The SMILES string of the molecule is CCOCCCN=C(Nc1cccc(C(=O)O)c1)N1CCN(CCOc2ccc(Cl)cc2)CC1. The number of piperazine rings is 1. The number of carboxylic acids is 1. The molecule has 0 atom stereocenters. The summed E-state index contributed by atoms with van der Waals surface area (Å²) in [5.41, 5.74) is 0.952. The maximum atomic E-state index is 11.3. The van der Waals surface area contributed by atoms with Crippen molar-refractivity contribution >= 4 is 29.2 Å². The van der Waals surface area contributed by atoms with Gasteiger partial charge in [0, 0.05) is 63.2 Å². The van der Waals surface area contributed by atoms with Gasteiger partial charge in [0.2, 0.25) is 0 Å². The fourth-order valence-electron chi connectivity index (χ4n) is 3.58. The van der Waals surface area contributed by atoms with Crippen LogP contribution in [0.15, 0.2) is 53.5 Å². The van der Waals surface area contributed by atoms with Crippen LogP contribution in [0.2, 0.25) is 5.02 Å². The van der Waals surface area contributed by atoms with E-state index in [2.05, 4.69) is 15.1 Å². The Kier molecular flexibility index (Phi) is 10.5. The van der Waals surface area contributed by atoms with Crippen molar-refractivity contribution in [2.45, 2.75) is 13.3 Å². The Labute approximate surface area is 206 Å². The highest BCUT2D eigenvalue weighted by Gasteiger charge is 2.20. The topological polar surface area (TPSA) is 86.6 Å². The largest absolute Gasteiger partial charge is 0.492 e. The number of carboxylic acid groups (broad SMARTS) is 1. The number of anilines is 1. The number of guanidine groups is 1. The van der Waals surface area contributed by atoms with Crippen LogP contribution < -0.4 is 10.1 Å². The number of benzene rings is 2. The van der Waals surface area contributed by atoms with E-state index in [1.807, 2.05) is 37.3 Å². The normalized spacial score (nSPS) is 14.8. The fraction of sp³-hybridized carbons (Fsp3) is 0.440. The second-order valence-corrected chi connectivity index (χ2v) is 8.33. The van der Waals surface area contributed by atoms with Gasteiger partial charge < -0.3 is 24.8 Å². The summed E-state index contributed by atoms with van der Waals surface area (Å²) in [4.78, 5) is 20.7. The third-order valence-corrected chi connectivity index (χ3v) is 5.69. The smallest absolute Gasteiger partial charge is 0.335 e. The van der Waals surface area contributed by atoms with Crippen molar-refractivity contribution in [1.82, 2.24) is 9.80 Å². The summed E-state index contributed by atoms with van der Waals surface area (Å²) >= 11 is 5.92. The molecule has 2 aromatic rings. The summed E-state index contributed by atoms with van der Waals surface area (Å²) in [6, 6.07) is 14.2. The molecular weight excluding hydrogens is 456 g/mol. The monoisotopic (exact) mass is 488 g/mol. The second kappa shape index (κ2) is 13.8. The number of halogens is 1. The van der Waals surface area contributed by atoms with Crippen LogP contribution in [-0.4, -0.2) is 85.9 Å². The number of nitrogens with zero attached hydrogens (tertiary/aromatic N) is 3. The van der Waals surface area contributed by atoms with Crippen LogP contribution in [0.1, 0.15) is 23.7 Å². The number of aromatic carboxylic acids is 1. The average molecular weight is 489 g/mol. The number of rotatable bonds is 11. The van der Waals surface area contributed by atoms with Gasteiger partial charge in [0.25, 0.3) is 0 Å². The highest BCUT2D eigenvalue weighted by molar-refractivity contribution is 6.30. The number of hydrogen-bond donors (Lipinski definition) is 2. The number of nitrogens with one attached hydrogen (secondary N) is 1. The van der Waals surface area contributed by atoms with Crippen molar-refractivity contribution in [1.29, 1.82) is 0 Å². The Bertz CT molecular complexity index is 931. The van der Waals surface area contributed by atoms with E-state index in [0.29, 0.717) is 37.1 Å². The summed E-state index contributed by atoms with van der Waals surface area (Å²) < 4.78 is 11.2. The van der Waals surface area contributed by atoms with Gasteiger partial charge in [0.1, 0.15) is 12.4 Å². The lowest BCUT2D eigenvalue weighted by atomic mass is 10.2. The van der Waals surface area contributed by atoms with E-state index in [-0.39, 0.29) is 5.56 Å². The van der Waals surface area contributed by atoms with E-state index in [1.54, 1.807) is 18.2 Å². The molecule has 1 saturated heterocycles. The molecule has 0 radical (unpaired) electrons. The van der Waals surface area contributed by atoms with Crippen molar-refractivity contribution in [3.63, 3.8) is 0 Å². The average Bonchev–Trinajstić information content (AvgIpc) is 2.85. The molecule has 9 heteroatoms. The molecule has 0 aromatic heterocycles. The first kappa shape index (κ1) is 25.8. The molecular formula is C25H33ClN4O4. The summed E-state index contributed by atoms with van der Waals surface area (Å²) in [6.07, 6.45) is 0.830. The zero-order valence-corrected chi connectivity index (χ0v) is 20.3. The molecule has 3 rings (SSSR count). The van der Waals surface area contributed by atoms with Gasteiger partial charge in [-0.1, -0.05) is 17.7 Å². The molecule has 0 bridgehead atoms. The molecule has 1 aliphatic heterocycles. The first-order valence-corrected chi connectivity index (χ1v) is 12.0. The van der Waals surface area contributed by atoms with Gasteiger partial charge >= 0.3 is 5.97 Å². The molecule has 184 valence electrons. The van der Waals surface area contributed by atoms with E-state index in [9.17, 15) is 9.90 Å². The van der Waals surface area contributed by atoms with Gasteiger partial charge in [0.05, 0.1) is 5.56 Å². The van der Waals surface area contributed by atoms with Crippen molar-refractivity contribution in [3.8, 4) is 5.75 Å². The Morgan fingerprint density at radius 3 is 2.59 bits per heavy atom. The molecule has 0 spiro atoms. The predicted octanol–water partition coefficient (Wildman–Crippen LogP) is 3.93. The molecule has 34 heavy (non-hydrogen) atoms. The van der Waals surface area contributed by atoms with Crippen LogP contribution in [-0.2, 0) is 4.74 Å². The highest BCUT2D eigenvalue weighted by atomic mass is 35.5. The maximum absolute atomic E-state index is 11.3. The van der Waals surface area contributed by atoms with Crippen LogP contribution >= 0.6 is 11.6 Å². The molecule has 0 unspecified atom stereocenters. The van der Waals surface area contributed by atoms with Crippen molar-refractivity contribution < 1.29 is 19.4 Å². The van der Waals surface area contributed by atoms with E-state index in [4.69, 9.17) is 26.1 Å². The van der Waals surface area contributed by atoms with E-state index in [1.165, 1.54) is 0 Å². The van der Waals surface area contributed by atoms with Gasteiger partial charge in [0.15, 0.2) is 5.96 Å². The van der Waals surface area contributed by atoms with Crippen LogP contribution in [0.5, 0.6) is 5.75 Å². The van der Waals surface area contributed by atoms with Crippen LogP contribution in [0, 0.1) is 0 Å². The zero-order chi connectivity index (χ0) is 24.2. The van der Waals surface area contributed by atoms with E-state index >= 15 is 0 Å². The Morgan fingerprint density at radius 1 is 1.12 bits per heavy atom. The third kappa shape index (κ3) is 8.52. The lowest BCUT2D eigenvalue weighted by Gasteiger charge is -2.36. The molecule has 1 aliphatic rings. The van der Waals surface area contributed by atoms with Crippen LogP contribution in [0.4, 0.5) is 5.69 Å². The predicted molar refractivity (Wildman–Crippen MR) is 135 cm³/mol. The molecule has 0 aliphatic carbocycles. The number of ether oxygens (including phenoxy) is 2. The Morgan fingerprint density at radius 2 is 1.88 bits per heavy atom. The molecule has 2 N–H and O–H groups in total. The van der Waals surface area contributed by atoms with Gasteiger partial charge in [-0.3, -0.25) is 9.89 Å². The zero-order valence-electron chi connectivity index (χ0n) is 19.6. The van der Waals surface area contributed by atoms with Crippen LogP contribution in [0.3, 0.4) is 0 Å². The minimum Gasteiger partial charge on any atom is -0.492 e. The first-order chi connectivity index (χ1) is 16.5. The molecule has 1 heterocycles. The van der Waals surface area contributed by atoms with E-state index < -0.39 is 5.97 Å². The number of aliphatic imine (C=N–C) groups is 1. The van der Waals surface area contributed by atoms with Crippen LogP contribution in [0.25, 0.3) is 0 Å². The molecule has 1 fully saturated rings. The lowest BCUT2D eigenvalue weighted by molar-refractivity contribution is 0.0697. The fourth-order valence-corrected chi connectivity index (χ4v) is 3.71. The summed E-state index contributed by atoms with van der Waals surface area (Å²) in [5.74, 6) is 0.627.